The van der Waals surface area contributed by atoms with Crippen molar-refractivity contribution < 1.29 is 28.7 Å². The van der Waals surface area contributed by atoms with Gasteiger partial charge in [-0.05, 0) is 6.54 Å². The highest BCUT2D eigenvalue weighted by Gasteiger charge is 2.12. The van der Waals surface area contributed by atoms with Crippen molar-refractivity contribution in [3.8, 4) is 0 Å². The number of hydrogen-bond acceptors (Lipinski definition) is 5. The molecular formula is C8H23N3O6P2. The van der Waals surface area contributed by atoms with Gasteiger partial charge in [-0.2, -0.15) is 0 Å². The van der Waals surface area contributed by atoms with Gasteiger partial charge in [0.15, 0.2) is 0 Å². The summed E-state index contributed by atoms with van der Waals surface area (Å²) < 4.78 is 21.2. The normalized spacial score (nSPS) is 13.2. The Morgan fingerprint density at radius 1 is 0.895 bits per heavy atom. The van der Waals surface area contributed by atoms with Gasteiger partial charge >= 0.3 is 15.2 Å². The van der Waals surface area contributed by atoms with Crippen molar-refractivity contribution in [1.82, 2.24) is 15.5 Å². The maximum Gasteiger partial charge on any atom is 0.339 e. The van der Waals surface area contributed by atoms with E-state index in [0.29, 0.717) is 26.2 Å². The van der Waals surface area contributed by atoms with Gasteiger partial charge in [0.2, 0.25) is 0 Å². The molecule has 0 aliphatic rings. The van der Waals surface area contributed by atoms with Crippen LogP contribution in [0.2, 0.25) is 0 Å². The Bertz CT molecular complexity index is 300. The molecule has 0 spiro atoms. The molecule has 0 aromatic heterocycles. The second-order valence-corrected chi connectivity index (χ2v) is 7.37. The standard InChI is InChI=1S/C8H23N3O6P2/c1-2-11(5-3-9-7-18(12,13)14)6-4-10-8-19(15,16)17/h9-10H,2-8H2,1H3,(H2,12,13,14)(H2,15,16,17). The number of rotatable bonds is 11. The molecule has 0 aliphatic carbocycles. The van der Waals surface area contributed by atoms with Gasteiger partial charge in [-0.15, -0.1) is 0 Å². The fraction of sp³-hybridized carbons (Fsp3) is 1.00. The van der Waals surface area contributed by atoms with Gasteiger partial charge in [0.1, 0.15) is 0 Å². The van der Waals surface area contributed by atoms with Crippen molar-refractivity contribution in [2.75, 3.05) is 45.3 Å². The third-order valence-electron chi connectivity index (χ3n) is 2.29. The molecule has 0 saturated carbocycles. The first-order valence-electron chi connectivity index (χ1n) is 5.87. The average molecular weight is 319 g/mol. The van der Waals surface area contributed by atoms with Crippen molar-refractivity contribution in [2.24, 2.45) is 0 Å². The molecule has 0 bridgehead atoms. The molecule has 0 fully saturated rings. The van der Waals surface area contributed by atoms with Crippen molar-refractivity contribution in [3.05, 3.63) is 0 Å². The minimum atomic E-state index is -4.01. The Balaban J connectivity index is 3.66. The maximum absolute atomic E-state index is 10.6. The van der Waals surface area contributed by atoms with Crippen LogP contribution >= 0.6 is 15.2 Å². The van der Waals surface area contributed by atoms with E-state index in [1.807, 2.05) is 11.8 Å². The van der Waals surface area contributed by atoms with Crippen molar-refractivity contribution in [1.29, 1.82) is 0 Å². The Kier molecular flexibility index (Phi) is 9.26. The second-order valence-electron chi connectivity index (χ2n) is 4.08. The molecule has 0 rings (SSSR count). The summed E-state index contributed by atoms with van der Waals surface area (Å²) >= 11 is 0. The largest absolute Gasteiger partial charge is 0.339 e. The highest BCUT2D eigenvalue weighted by atomic mass is 31.2. The number of nitrogens with zero attached hydrogens (tertiary/aromatic N) is 1. The van der Waals surface area contributed by atoms with Crippen LogP contribution in [-0.2, 0) is 9.13 Å². The van der Waals surface area contributed by atoms with E-state index in [9.17, 15) is 9.13 Å². The molecule has 0 aromatic carbocycles. The third kappa shape index (κ3) is 14.4. The molecule has 116 valence electrons. The summed E-state index contributed by atoms with van der Waals surface area (Å²) in [5.41, 5.74) is 0. The lowest BCUT2D eigenvalue weighted by atomic mass is 10.4. The molecule has 0 saturated heterocycles. The highest BCUT2D eigenvalue weighted by molar-refractivity contribution is 7.51. The van der Waals surface area contributed by atoms with Crippen LogP contribution < -0.4 is 10.6 Å². The van der Waals surface area contributed by atoms with Crippen LogP contribution in [0.15, 0.2) is 0 Å². The molecule has 0 atom stereocenters. The molecule has 11 heteroatoms. The van der Waals surface area contributed by atoms with Gasteiger partial charge in [-0.25, -0.2) is 0 Å². The first-order chi connectivity index (χ1) is 8.64. The monoisotopic (exact) mass is 319 g/mol. The maximum atomic E-state index is 10.6. The van der Waals surface area contributed by atoms with Crippen LogP contribution in [0.1, 0.15) is 6.92 Å². The van der Waals surface area contributed by atoms with Crippen LogP contribution in [0.25, 0.3) is 0 Å². The molecule has 0 unspecified atom stereocenters. The van der Waals surface area contributed by atoms with E-state index in [1.165, 1.54) is 0 Å². The molecule has 0 radical (unpaired) electrons. The van der Waals surface area contributed by atoms with Crippen LogP contribution in [0, 0.1) is 0 Å². The second kappa shape index (κ2) is 9.18. The number of nitrogens with one attached hydrogen (secondary N) is 2. The molecule has 0 heterocycles. The van der Waals surface area contributed by atoms with E-state index in [0.717, 1.165) is 6.54 Å². The Morgan fingerprint density at radius 3 is 1.53 bits per heavy atom. The first kappa shape index (κ1) is 19.2. The number of likely N-dealkylation sites (N-methyl/N-ethyl adjacent to an activating group) is 1. The lowest BCUT2D eigenvalue weighted by Crippen LogP contribution is -2.37. The van der Waals surface area contributed by atoms with E-state index < -0.39 is 15.2 Å². The third-order valence-corrected chi connectivity index (χ3v) is 3.56. The zero-order valence-electron chi connectivity index (χ0n) is 10.9. The Hall–Kier alpha value is 0.180. The zero-order valence-corrected chi connectivity index (χ0v) is 12.7. The first-order valence-corrected chi connectivity index (χ1v) is 9.46. The predicted octanol–water partition coefficient (Wildman–Crippen LogP) is -1.24. The summed E-state index contributed by atoms with van der Waals surface area (Å²) in [5.74, 6) is 0. The average Bonchev–Trinajstić information content (AvgIpc) is 2.24. The summed E-state index contributed by atoms with van der Waals surface area (Å²) in [6.45, 7) is 4.78. The van der Waals surface area contributed by atoms with Gasteiger partial charge in [-0.3, -0.25) is 9.13 Å². The van der Waals surface area contributed by atoms with Crippen LogP contribution in [0.3, 0.4) is 0 Å². The lowest BCUT2D eigenvalue weighted by molar-refractivity contribution is 0.286. The molecule has 6 N–H and O–H groups in total. The molecule has 9 nitrogen and oxygen atoms in total. The van der Waals surface area contributed by atoms with E-state index in [1.54, 1.807) is 0 Å². The van der Waals surface area contributed by atoms with Crippen molar-refractivity contribution in [2.45, 2.75) is 6.92 Å². The molecule has 19 heavy (non-hydrogen) atoms. The topological polar surface area (TPSA) is 142 Å². The summed E-state index contributed by atoms with van der Waals surface area (Å²) in [7, 11) is -8.01. The van der Waals surface area contributed by atoms with Crippen LogP contribution in [0.5, 0.6) is 0 Å². The highest BCUT2D eigenvalue weighted by Crippen LogP contribution is 2.32. The van der Waals surface area contributed by atoms with Crippen molar-refractivity contribution >= 4 is 15.2 Å². The van der Waals surface area contributed by atoms with E-state index >= 15 is 0 Å². The summed E-state index contributed by atoms with van der Waals surface area (Å²) in [4.78, 5) is 36.6. The van der Waals surface area contributed by atoms with Crippen molar-refractivity contribution in [3.63, 3.8) is 0 Å². The van der Waals surface area contributed by atoms with E-state index in [-0.39, 0.29) is 12.6 Å². The molecule has 0 aliphatic heterocycles. The van der Waals surface area contributed by atoms with E-state index in [2.05, 4.69) is 10.6 Å². The summed E-state index contributed by atoms with van der Waals surface area (Å²) in [6.07, 6.45) is -0.692. The molecule has 0 aromatic rings. The van der Waals surface area contributed by atoms with E-state index in [4.69, 9.17) is 19.6 Å². The fourth-order valence-electron chi connectivity index (χ4n) is 1.35. The van der Waals surface area contributed by atoms with Gasteiger partial charge < -0.3 is 35.1 Å². The molecular weight excluding hydrogens is 296 g/mol. The Labute approximate surface area is 112 Å². The minimum Gasteiger partial charge on any atom is -0.324 e. The van der Waals surface area contributed by atoms with Gasteiger partial charge in [0.25, 0.3) is 0 Å². The zero-order chi connectivity index (χ0) is 14.9. The minimum absolute atomic E-state index is 0.346. The summed E-state index contributed by atoms with van der Waals surface area (Å²) in [6, 6.07) is 0. The lowest BCUT2D eigenvalue weighted by Gasteiger charge is -2.21. The van der Waals surface area contributed by atoms with Crippen LogP contribution in [-0.4, -0.2) is 69.8 Å². The van der Waals surface area contributed by atoms with Gasteiger partial charge in [-0.1, -0.05) is 6.92 Å². The predicted molar refractivity (Wildman–Crippen MR) is 71.9 cm³/mol. The number of hydrogen-bond donors (Lipinski definition) is 6. The Morgan fingerprint density at radius 2 is 1.26 bits per heavy atom. The molecule has 0 amide bonds. The fourth-order valence-corrected chi connectivity index (χ4v) is 2.25. The van der Waals surface area contributed by atoms with Gasteiger partial charge in [0.05, 0.1) is 12.6 Å². The SMILES string of the molecule is CCN(CCNCP(=O)(O)O)CCNCP(=O)(O)O. The quantitative estimate of drug-likeness (QED) is 0.203. The van der Waals surface area contributed by atoms with Gasteiger partial charge in [0, 0.05) is 26.2 Å². The summed E-state index contributed by atoms with van der Waals surface area (Å²) in [5, 5.41) is 5.31. The van der Waals surface area contributed by atoms with Crippen LogP contribution in [0.4, 0.5) is 0 Å². The smallest absolute Gasteiger partial charge is 0.324 e.